The van der Waals surface area contributed by atoms with E-state index in [4.69, 9.17) is 0 Å². The molecule has 1 aliphatic heterocycles. The molecule has 5 heteroatoms. The van der Waals surface area contributed by atoms with Gasteiger partial charge >= 0.3 is 0 Å². The maximum Gasteiger partial charge on any atom is 0.258 e. The topological polar surface area (TPSA) is 44.4 Å². The van der Waals surface area contributed by atoms with Crippen molar-refractivity contribution in [2.24, 2.45) is 0 Å². The van der Waals surface area contributed by atoms with Crippen molar-refractivity contribution in [2.75, 3.05) is 24.2 Å². The molecule has 4 nitrogen and oxygen atoms in total. The van der Waals surface area contributed by atoms with E-state index in [-0.39, 0.29) is 11.7 Å². The fraction of sp³-hybridized carbons (Fsp3) is 0.192. The highest BCUT2D eigenvalue weighted by atomic mass is 19.1. The van der Waals surface area contributed by atoms with Crippen molar-refractivity contribution in [3.8, 4) is 0 Å². The lowest BCUT2D eigenvalue weighted by Crippen LogP contribution is -2.18. The molecule has 3 aromatic rings. The van der Waals surface area contributed by atoms with Gasteiger partial charge in [0.15, 0.2) is 0 Å². The molecule has 0 bridgehead atoms. The first-order valence-electron chi connectivity index (χ1n) is 10.5. The number of rotatable bonds is 7. The van der Waals surface area contributed by atoms with Crippen molar-refractivity contribution >= 4 is 28.6 Å². The van der Waals surface area contributed by atoms with Gasteiger partial charge in [-0.2, -0.15) is 0 Å². The van der Waals surface area contributed by atoms with Crippen LogP contribution in [-0.2, 0) is 11.3 Å². The Labute approximate surface area is 182 Å². The third kappa shape index (κ3) is 4.67. The summed E-state index contributed by atoms with van der Waals surface area (Å²) in [6.07, 6.45) is 1.12. The number of anilines is 2. The second-order valence-corrected chi connectivity index (χ2v) is 7.82. The first-order chi connectivity index (χ1) is 15.0. The number of nitrogens with zero attached hydrogens (tertiary/aromatic N) is 1. The molecule has 1 heterocycles. The molecule has 31 heavy (non-hydrogen) atoms. The van der Waals surface area contributed by atoms with Crippen LogP contribution in [0.3, 0.4) is 0 Å². The number of fused-ring (bicyclic) bond motifs is 1. The first kappa shape index (κ1) is 20.8. The van der Waals surface area contributed by atoms with E-state index in [1.807, 2.05) is 42.5 Å². The Morgan fingerprint density at radius 3 is 2.48 bits per heavy atom. The number of benzene rings is 3. The standard InChI is InChI=1S/C26H26FN3O/c1-3-15-30(2)17-18-9-12-21(13-10-18)28-25(19-7-5-4-6-8-19)24-22-14-11-20(27)16-23(22)29-26(24)31/h4-14,16,28H,3,15,17H2,1-2H3,(H,29,31)/b25-24-. The summed E-state index contributed by atoms with van der Waals surface area (Å²) in [6.45, 7) is 4.12. The van der Waals surface area contributed by atoms with Gasteiger partial charge in [0.05, 0.1) is 17.0 Å². The van der Waals surface area contributed by atoms with E-state index in [0.717, 1.165) is 30.8 Å². The van der Waals surface area contributed by atoms with E-state index in [1.54, 1.807) is 6.07 Å². The lowest BCUT2D eigenvalue weighted by atomic mass is 10.00. The van der Waals surface area contributed by atoms with Crippen LogP contribution in [0.4, 0.5) is 15.8 Å². The maximum atomic E-state index is 13.7. The lowest BCUT2D eigenvalue weighted by Gasteiger charge is -2.17. The molecule has 1 aliphatic rings. The molecule has 0 saturated heterocycles. The SMILES string of the molecule is CCCN(C)Cc1ccc(N/C(=C2\C(=O)Nc3cc(F)ccc32)c2ccccc2)cc1. The zero-order valence-corrected chi connectivity index (χ0v) is 17.8. The predicted molar refractivity (Wildman–Crippen MR) is 125 cm³/mol. The summed E-state index contributed by atoms with van der Waals surface area (Å²) in [7, 11) is 2.12. The molecular formula is C26H26FN3O. The van der Waals surface area contributed by atoms with Crippen molar-refractivity contribution in [3.05, 3.63) is 95.3 Å². The Morgan fingerprint density at radius 1 is 1.03 bits per heavy atom. The monoisotopic (exact) mass is 415 g/mol. The van der Waals surface area contributed by atoms with Crippen LogP contribution in [0.5, 0.6) is 0 Å². The zero-order valence-electron chi connectivity index (χ0n) is 17.8. The molecular weight excluding hydrogens is 389 g/mol. The molecule has 0 fully saturated rings. The molecule has 0 unspecified atom stereocenters. The van der Waals surface area contributed by atoms with Crippen LogP contribution in [0.1, 0.15) is 30.0 Å². The van der Waals surface area contributed by atoms with Crippen molar-refractivity contribution < 1.29 is 9.18 Å². The van der Waals surface area contributed by atoms with Crippen LogP contribution in [0.15, 0.2) is 72.8 Å². The normalized spacial score (nSPS) is 14.4. The third-order valence-electron chi connectivity index (χ3n) is 5.32. The first-order valence-corrected chi connectivity index (χ1v) is 10.5. The fourth-order valence-electron chi connectivity index (χ4n) is 3.89. The minimum absolute atomic E-state index is 0.246. The molecule has 158 valence electrons. The molecule has 4 rings (SSSR count). The summed E-state index contributed by atoms with van der Waals surface area (Å²) in [6, 6.07) is 22.3. The zero-order chi connectivity index (χ0) is 21.8. The van der Waals surface area contributed by atoms with Gasteiger partial charge in [-0.1, -0.05) is 49.4 Å². The number of carbonyl (C=O) groups excluding carboxylic acids is 1. The second kappa shape index (κ2) is 9.14. The number of hydrogen-bond donors (Lipinski definition) is 2. The predicted octanol–water partition coefficient (Wildman–Crippen LogP) is 5.60. The van der Waals surface area contributed by atoms with Gasteiger partial charge < -0.3 is 15.5 Å². The van der Waals surface area contributed by atoms with Gasteiger partial charge in [0, 0.05) is 17.8 Å². The van der Waals surface area contributed by atoms with Gasteiger partial charge in [-0.25, -0.2) is 4.39 Å². The summed E-state index contributed by atoms with van der Waals surface area (Å²) in [5.41, 5.74) is 5.38. The molecule has 1 amide bonds. The van der Waals surface area contributed by atoms with Crippen molar-refractivity contribution in [2.45, 2.75) is 19.9 Å². The summed E-state index contributed by atoms with van der Waals surface area (Å²) < 4.78 is 13.7. The number of carbonyl (C=O) groups is 1. The van der Waals surface area contributed by atoms with E-state index in [9.17, 15) is 9.18 Å². The molecule has 3 aromatic carbocycles. The van der Waals surface area contributed by atoms with Crippen LogP contribution in [0.25, 0.3) is 11.3 Å². The van der Waals surface area contributed by atoms with E-state index in [0.29, 0.717) is 22.5 Å². The van der Waals surface area contributed by atoms with Gasteiger partial charge in [-0.05, 0) is 61.5 Å². The quantitative estimate of drug-likeness (QED) is 0.494. The van der Waals surface area contributed by atoms with Gasteiger partial charge in [-0.3, -0.25) is 4.79 Å². The smallest absolute Gasteiger partial charge is 0.258 e. The van der Waals surface area contributed by atoms with Gasteiger partial charge in [0.25, 0.3) is 5.91 Å². The van der Waals surface area contributed by atoms with Crippen LogP contribution in [0.2, 0.25) is 0 Å². The van der Waals surface area contributed by atoms with Crippen LogP contribution >= 0.6 is 0 Å². The van der Waals surface area contributed by atoms with E-state index in [2.05, 4.69) is 41.6 Å². The number of amides is 1. The Hall–Kier alpha value is -3.44. The third-order valence-corrected chi connectivity index (χ3v) is 5.32. The highest BCUT2D eigenvalue weighted by molar-refractivity contribution is 6.37. The van der Waals surface area contributed by atoms with Crippen LogP contribution in [-0.4, -0.2) is 24.4 Å². The number of hydrogen-bond acceptors (Lipinski definition) is 3. The summed E-state index contributed by atoms with van der Waals surface area (Å²) in [4.78, 5) is 15.1. The Morgan fingerprint density at radius 2 is 1.77 bits per heavy atom. The molecule has 0 saturated carbocycles. The molecule has 0 aromatic heterocycles. The largest absolute Gasteiger partial charge is 0.354 e. The molecule has 0 aliphatic carbocycles. The molecule has 0 atom stereocenters. The maximum absolute atomic E-state index is 13.7. The Balaban J connectivity index is 1.70. The van der Waals surface area contributed by atoms with Crippen molar-refractivity contribution in [3.63, 3.8) is 0 Å². The highest BCUT2D eigenvalue weighted by Crippen LogP contribution is 2.37. The minimum Gasteiger partial charge on any atom is -0.354 e. The minimum atomic E-state index is -0.377. The average Bonchev–Trinajstić information content (AvgIpc) is 3.08. The number of halogens is 1. The highest BCUT2D eigenvalue weighted by Gasteiger charge is 2.28. The Bertz CT molecular complexity index is 1110. The fourth-order valence-corrected chi connectivity index (χ4v) is 3.89. The van der Waals surface area contributed by atoms with Crippen molar-refractivity contribution in [1.82, 2.24) is 4.90 Å². The lowest BCUT2D eigenvalue weighted by molar-refractivity contribution is -0.110. The van der Waals surface area contributed by atoms with Gasteiger partial charge in [0.1, 0.15) is 5.82 Å². The van der Waals surface area contributed by atoms with E-state index >= 15 is 0 Å². The van der Waals surface area contributed by atoms with Gasteiger partial charge in [0.2, 0.25) is 0 Å². The summed E-state index contributed by atoms with van der Waals surface area (Å²) in [5, 5.41) is 6.22. The van der Waals surface area contributed by atoms with Crippen molar-refractivity contribution in [1.29, 1.82) is 0 Å². The summed E-state index contributed by atoms with van der Waals surface area (Å²) >= 11 is 0. The Kier molecular flexibility index (Phi) is 6.14. The van der Waals surface area contributed by atoms with E-state index in [1.165, 1.54) is 17.7 Å². The second-order valence-electron chi connectivity index (χ2n) is 7.82. The number of nitrogens with one attached hydrogen (secondary N) is 2. The van der Waals surface area contributed by atoms with Gasteiger partial charge in [-0.15, -0.1) is 0 Å². The molecule has 0 radical (unpaired) electrons. The molecule has 2 N–H and O–H groups in total. The summed E-state index contributed by atoms with van der Waals surface area (Å²) in [5.74, 6) is -0.622. The average molecular weight is 416 g/mol. The van der Waals surface area contributed by atoms with Crippen LogP contribution < -0.4 is 10.6 Å². The molecule has 0 spiro atoms. The van der Waals surface area contributed by atoms with E-state index < -0.39 is 0 Å². The van der Waals surface area contributed by atoms with Crippen LogP contribution in [0, 0.1) is 5.82 Å².